The smallest absolute Gasteiger partial charge is 0.123 e. The van der Waals surface area contributed by atoms with Crippen LogP contribution in [0.2, 0.25) is 18.6 Å². The fourth-order valence-electron chi connectivity index (χ4n) is 6.89. The molecule has 3 aliphatic rings. The maximum Gasteiger partial charge on any atom is 0.123 e. The van der Waals surface area contributed by atoms with Gasteiger partial charge in [-0.25, -0.2) is 0 Å². The van der Waals surface area contributed by atoms with Gasteiger partial charge in [0.2, 0.25) is 0 Å². The molecule has 21 heavy (non-hydrogen) atoms. The summed E-state index contributed by atoms with van der Waals surface area (Å²) in [5, 5.41) is 0. The summed E-state index contributed by atoms with van der Waals surface area (Å²) in [6, 6.07) is 0. The summed E-state index contributed by atoms with van der Waals surface area (Å²) >= 11 is 0. The van der Waals surface area contributed by atoms with E-state index in [1.54, 1.807) is 25.7 Å². The molecule has 2 heteroatoms. The SMILES string of the molecule is C[C@@H]1CC2CC3CCCC3CC2C1[Si](C)(C)NC(C)(C)C. The molecule has 0 bridgehead atoms. The van der Waals surface area contributed by atoms with Gasteiger partial charge in [-0.05, 0) is 75.2 Å². The summed E-state index contributed by atoms with van der Waals surface area (Å²) in [5.74, 6) is 5.28. The zero-order valence-corrected chi connectivity index (χ0v) is 16.2. The van der Waals surface area contributed by atoms with E-state index in [1.165, 1.54) is 12.8 Å². The molecule has 0 aliphatic heterocycles. The first-order chi connectivity index (χ1) is 9.67. The Morgan fingerprint density at radius 3 is 2.14 bits per heavy atom. The Bertz CT molecular complexity index is 384. The fourth-order valence-corrected chi connectivity index (χ4v) is 12.0. The topological polar surface area (TPSA) is 12.0 Å². The Morgan fingerprint density at radius 2 is 1.52 bits per heavy atom. The van der Waals surface area contributed by atoms with E-state index in [0.29, 0.717) is 0 Å². The molecule has 3 rings (SSSR count). The van der Waals surface area contributed by atoms with Gasteiger partial charge in [0.25, 0.3) is 0 Å². The van der Waals surface area contributed by atoms with E-state index in [9.17, 15) is 0 Å². The summed E-state index contributed by atoms with van der Waals surface area (Å²) in [5.41, 5.74) is 1.28. The lowest BCUT2D eigenvalue weighted by molar-refractivity contribution is 0.155. The molecule has 3 aliphatic carbocycles. The molecule has 0 spiro atoms. The summed E-state index contributed by atoms with van der Waals surface area (Å²) in [7, 11) is -1.37. The first-order valence-corrected chi connectivity index (χ1v) is 12.5. The second-order valence-corrected chi connectivity index (χ2v) is 14.5. The number of hydrogen-bond donors (Lipinski definition) is 1. The van der Waals surface area contributed by atoms with E-state index in [-0.39, 0.29) is 5.54 Å². The van der Waals surface area contributed by atoms with Crippen LogP contribution in [0.15, 0.2) is 0 Å². The summed E-state index contributed by atoms with van der Waals surface area (Å²) < 4.78 is 0. The van der Waals surface area contributed by atoms with Crippen LogP contribution < -0.4 is 4.98 Å². The number of nitrogens with one attached hydrogen (secondary N) is 1. The third kappa shape index (κ3) is 3.13. The first-order valence-electron chi connectivity index (χ1n) is 9.47. The summed E-state index contributed by atoms with van der Waals surface area (Å²) in [6.07, 6.45) is 9.30. The van der Waals surface area contributed by atoms with Gasteiger partial charge >= 0.3 is 0 Å². The van der Waals surface area contributed by atoms with Crippen molar-refractivity contribution in [2.45, 2.75) is 90.4 Å². The molecule has 6 atom stereocenters. The Morgan fingerprint density at radius 1 is 0.905 bits per heavy atom. The highest BCUT2D eigenvalue weighted by molar-refractivity contribution is 6.76. The van der Waals surface area contributed by atoms with E-state index >= 15 is 0 Å². The van der Waals surface area contributed by atoms with Gasteiger partial charge in [-0.2, -0.15) is 0 Å². The summed E-state index contributed by atoms with van der Waals surface area (Å²) in [6.45, 7) is 14.9. The predicted octanol–water partition coefficient (Wildman–Crippen LogP) is 5.43. The lowest BCUT2D eigenvalue weighted by atomic mass is 9.71. The molecule has 0 heterocycles. The molecule has 3 fully saturated rings. The third-order valence-electron chi connectivity index (χ3n) is 6.88. The number of hydrogen-bond acceptors (Lipinski definition) is 1. The lowest BCUT2D eigenvalue weighted by Crippen LogP contribution is -2.59. The quantitative estimate of drug-likeness (QED) is 0.671. The molecule has 0 radical (unpaired) electrons. The molecule has 5 unspecified atom stereocenters. The van der Waals surface area contributed by atoms with Crippen molar-refractivity contribution in [3.05, 3.63) is 0 Å². The fraction of sp³-hybridized carbons (Fsp3) is 1.00. The van der Waals surface area contributed by atoms with Crippen LogP contribution in [0.25, 0.3) is 0 Å². The normalized spacial score (nSPS) is 43.7. The van der Waals surface area contributed by atoms with Crippen molar-refractivity contribution >= 4 is 8.24 Å². The van der Waals surface area contributed by atoms with Crippen LogP contribution in [0.5, 0.6) is 0 Å². The molecule has 3 saturated carbocycles. The van der Waals surface area contributed by atoms with Crippen molar-refractivity contribution < 1.29 is 0 Å². The molecule has 1 N–H and O–H groups in total. The van der Waals surface area contributed by atoms with Crippen molar-refractivity contribution in [3.63, 3.8) is 0 Å². The van der Waals surface area contributed by atoms with E-state index in [1.807, 2.05) is 0 Å². The molecule has 1 nitrogen and oxygen atoms in total. The van der Waals surface area contributed by atoms with Crippen LogP contribution in [-0.4, -0.2) is 13.8 Å². The van der Waals surface area contributed by atoms with Crippen molar-refractivity contribution in [1.29, 1.82) is 0 Å². The maximum absolute atomic E-state index is 4.10. The zero-order valence-electron chi connectivity index (χ0n) is 15.2. The van der Waals surface area contributed by atoms with Gasteiger partial charge in [0.1, 0.15) is 8.24 Å². The standard InChI is InChI=1S/C19H37NSi/c1-13-10-16-11-14-8-7-9-15(14)12-17(16)18(13)21(5,6)20-19(2,3)4/h13-18,20H,7-12H2,1-6H3/t13-,14?,15?,16?,17?,18?/m1/s1. The molecule has 0 aromatic rings. The zero-order chi connectivity index (χ0) is 15.4. The van der Waals surface area contributed by atoms with E-state index in [0.717, 1.165) is 35.1 Å². The number of rotatable bonds is 2. The molecule has 0 aromatic heterocycles. The Kier molecular flexibility index (Phi) is 4.10. The van der Waals surface area contributed by atoms with E-state index < -0.39 is 8.24 Å². The molecular formula is C19H37NSi. The Hall–Kier alpha value is 0.177. The minimum absolute atomic E-state index is 0.276. The van der Waals surface area contributed by atoms with Crippen molar-refractivity contribution in [1.82, 2.24) is 4.98 Å². The number of fused-ring (bicyclic) bond motifs is 2. The predicted molar refractivity (Wildman–Crippen MR) is 94.9 cm³/mol. The maximum atomic E-state index is 4.10. The largest absolute Gasteiger partial charge is 0.332 e. The van der Waals surface area contributed by atoms with Crippen LogP contribution >= 0.6 is 0 Å². The minimum Gasteiger partial charge on any atom is -0.332 e. The summed E-state index contributed by atoms with van der Waals surface area (Å²) in [4.78, 5) is 4.10. The highest BCUT2D eigenvalue weighted by atomic mass is 28.3. The average Bonchev–Trinajstić information content (AvgIpc) is 2.83. The highest BCUT2D eigenvalue weighted by Crippen LogP contribution is 2.60. The van der Waals surface area contributed by atoms with Crippen LogP contribution in [0.4, 0.5) is 0 Å². The molecule has 0 amide bonds. The molecule has 122 valence electrons. The van der Waals surface area contributed by atoms with Crippen LogP contribution in [0.3, 0.4) is 0 Å². The average molecular weight is 308 g/mol. The van der Waals surface area contributed by atoms with Gasteiger partial charge in [-0.15, -0.1) is 0 Å². The van der Waals surface area contributed by atoms with Crippen molar-refractivity contribution in [2.75, 3.05) is 0 Å². The molecule has 0 saturated heterocycles. The van der Waals surface area contributed by atoms with Gasteiger partial charge in [0, 0.05) is 5.54 Å². The Balaban J connectivity index is 1.78. The van der Waals surface area contributed by atoms with Crippen molar-refractivity contribution in [3.8, 4) is 0 Å². The van der Waals surface area contributed by atoms with Crippen LogP contribution in [-0.2, 0) is 0 Å². The van der Waals surface area contributed by atoms with E-state index in [4.69, 9.17) is 0 Å². The first kappa shape index (κ1) is 16.0. The molecular weight excluding hydrogens is 270 g/mol. The third-order valence-corrected chi connectivity index (χ3v) is 10.9. The van der Waals surface area contributed by atoms with Gasteiger partial charge in [-0.1, -0.05) is 39.3 Å². The molecule has 0 aromatic carbocycles. The lowest BCUT2D eigenvalue weighted by Gasteiger charge is -2.45. The highest BCUT2D eigenvalue weighted by Gasteiger charge is 2.53. The van der Waals surface area contributed by atoms with Gasteiger partial charge < -0.3 is 4.98 Å². The van der Waals surface area contributed by atoms with E-state index in [2.05, 4.69) is 45.8 Å². The minimum atomic E-state index is -1.37. The second kappa shape index (κ2) is 5.37. The van der Waals surface area contributed by atoms with Crippen molar-refractivity contribution in [2.24, 2.45) is 29.6 Å². The van der Waals surface area contributed by atoms with Crippen LogP contribution in [0, 0.1) is 29.6 Å². The van der Waals surface area contributed by atoms with Gasteiger partial charge in [0.15, 0.2) is 0 Å². The second-order valence-electron chi connectivity index (χ2n) is 10.2. The van der Waals surface area contributed by atoms with Gasteiger partial charge in [-0.3, -0.25) is 0 Å². The Labute approximate surface area is 133 Å². The van der Waals surface area contributed by atoms with Gasteiger partial charge in [0.05, 0.1) is 0 Å². The monoisotopic (exact) mass is 307 g/mol. The van der Waals surface area contributed by atoms with Crippen LogP contribution in [0.1, 0.15) is 66.2 Å².